The van der Waals surface area contributed by atoms with E-state index in [1.54, 1.807) is 0 Å². The van der Waals surface area contributed by atoms with E-state index in [2.05, 4.69) is 0 Å². The third kappa shape index (κ3) is 5.48. The molecule has 0 aromatic heterocycles. The fraction of sp³-hybridized carbons (Fsp3) is 1.00. The minimum absolute atomic E-state index is 0.313. The molecule has 0 spiro atoms. The Labute approximate surface area is 187 Å². The lowest BCUT2D eigenvalue weighted by atomic mass is 9.96. The Balaban J connectivity index is 1.82. The van der Waals surface area contributed by atoms with E-state index in [-0.39, 0.29) is 6.61 Å². The van der Waals surface area contributed by atoms with Crippen LogP contribution in [0.25, 0.3) is 0 Å². The number of rotatable bonds is 7. The number of hydrogen-bond acceptors (Lipinski definition) is 15. The zero-order valence-electron chi connectivity index (χ0n) is 17.4. The first-order valence-corrected chi connectivity index (χ1v) is 10.5. The Morgan fingerprint density at radius 3 is 1.64 bits per heavy atom. The minimum atomic E-state index is -1.85. The van der Waals surface area contributed by atoms with Gasteiger partial charge >= 0.3 is 0 Å². The maximum atomic E-state index is 10.6. The topological polar surface area (TPSA) is 248 Å². The van der Waals surface area contributed by atoms with Crippen molar-refractivity contribution >= 4 is 0 Å². The van der Waals surface area contributed by atoms with Gasteiger partial charge in [-0.15, -0.1) is 0 Å². The molecule has 0 bridgehead atoms. The van der Waals surface area contributed by atoms with Crippen LogP contribution in [0.1, 0.15) is 0 Å². The molecule has 1 unspecified atom stereocenters. The Hall–Kier alpha value is -0.600. The SMILES string of the molecule is OCC1OC[C@H](O)[C@@H](O[C@@H]2O[C@H](CO)[C@@H](O)[C@H](O)[C@H]2O[C@@H]2O[C@H](CO)[C@@H](O)[C@H](O)[C@H]2O)[C@@H]1O. The molecule has 15 heteroatoms. The van der Waals surface area contributed by atoms with Crippen LogP contribution < -0.4 is 0 Å². The highest BCUT2D eigenvalue weighted by atomic mass is 16.8. The average Bonchev–Trinajstić information content (AvgIpc) is 2.80. The number of ether oxygens (including phenoxy) is 5. The van der Waals surface area contributed by atoms with E-state index in [4.69, 9.17) is 23.7 Å². The van der Waals surface area contributed by atoms with Crippen molar-refractivity contribution in [1.29, 1.82) is 0 Å². The summed E-state index contributed by atoms with van der Waals surface area (Å²) >= 11 is 0. The highest BCUT2D eigenvalue weighted by molar-refractivity contribution is 4.95. The van der Waals surface area contributed by atoms with Crippen LogP contribution in [-0.4, -0.2) is 163 Å². The summed E-state index contributed by atoms with van der Waals surface area (Å²) in [5, 5.41) is 99.7. The molecular weight excluding hydrogens is 456 g/mol. The summed E-state index contributed by atoms with van der Waals surface area (Å²) < 4.78 is 26.9. The molecule has 15 nitrogen and oxygen atoms in total. The second-order valence-electron chi connectivity index (χ2n) is 8.22. The van der Waals surface area contributed by atoms with Gasteiger partial charge in [0.15, 0.2) is 12.6 Å². The van der Waals surface area contributed by atoms with E-state index in [1.807, 2.05) is 0 Å². The average molecular weight is 488 g/mol. The summed E-state index contributed by atoms with van der Waals surface area (Å²) in [6.07, 6.45) is -22.0. The van der Waals surface area contributed by atoms with Crippen LogP contribution in [0.4, 0.5) is 0 Å². The first kappa shape index (κ1) is 27.0. The van der Waals surface area contributed by atoms with Crippen LogP contribution in [0.15, 0.2) is 0 Å². The molecule has 3 fully saturated rings. The molecule has 0 aliphatic carbocycles. The molecular formula is C18H32O15. The maximum Gasteiger partial charge on any atom is 0.187 e. The van der Waals surface area contributed by atoms with Gasteiger partial charge < -0.3 is 74.7 Å². The van der Waals surface area contributed by atoms with Crippen molar-refractivity contribution in [2.75, 3.05) is 26.4 Å². The van der Waals surface area contributed by atoms with Crippen molar-refractivity contribution in [2.45, 2.75) is 85.8 Å². The normalized spacial score (nSPS) is 51.5. The van der Waals surface area contributed by atoms with E-state index < -0.39 is 106 Å². The monoisotopic (exact) mass is 488 g/mol. The second kappa shape index (κ2) is 11.4. The predicted molar refractivity (Wildman–Crippen MR) is 100 cm³/mol. The third-order valence-corrected chi connectivity index (χ3v) is 6.01. The third-order valence-electron chi connectivity index (χ3n) is 6.01. The Kier molecular flexibility index (Phi) is 9.35. The molecule has 3 rings (SSSR count). The molecule has 0 saturated carbocycles. The van der Waals surface area contributed by atoms with Gasteiger partial charge in [-0.2, -0.15) is 0 Å². The van der Waals surface area contributed by atoms with E-state index in [9.17, 15) is 51.1 Å². The molecule has 3 heterocycles. The van der Waals surface area contributed by atoms with E-state index in [1.165, 1.54) is 0 Å². The number of aliphatic hydroxyl groups is 10. The van der Waals surface area contributed by atoms with Crippen LogP contribution in [0.2, 0.25) is 0 Å². The van der Waals surface area contributed by atoms with Crippen LogP contribution in [0.5, 0.6) is 0 Å². The van der Waals surface area contributed by atoms with E-state index in [0.29, 0.717) is 0 Å². The molecule has 0 aromatic carbocycles. The summed E-state index contributed by atoms with van der Waals surface area (Å²) in [5.74, 6) is 0. The Bertz CT molecular complexity index is 609. The summed E-state index contributed by atoms with van der Waals surface area (Å²) in [6.45, 7) is -2.40. The van der Waals surface area contributed by atoms with Gasteiger partial charge in [-0.1, -0.05) is 0 Å². The maximum absolute atomic E-state index is 10.6. The van der Waals surface area contributed by atoms with Gasteiger partial charge in [-0.3, -0.25) is 0 Å². The molecule has 3 saturated heterocycles. The molecule has 10 N–H and O–H groups in total. The lowest BCUT2D eigenvalue weighted by Crippen LogP contribution is -2.66. The Morgan fingerprint density at radius 1 is 0.545 bits per heavy atom. The van der Waals surface area contributed by atoms with Crippen LogP contribution >= 0.6 is 0 Å². The molecule has 3 aliphatic heterocycles. The van der Waals surface area contributed by atoms with Gasteiger partial charge in [-0.05, 0) is 0 Å². The van der Waals surface area contributed by atoms with Crippen LogP contribution in [-0.2, 0) is 23.7 Å². The highest BCUT2D eigenvalue weighted by Gasteiger charge is 2.52. The van der Waals surface area contributed by atoms with Gasteiger partial charge in [0.05, 0.1) is 26.4 Å². The summed E-state index contributed by atoms with van der Waals surface area (Å²) in [5.41, 5.74) is 0. The molecule has 0 radical (unpaired) electrons. The molecule has 194 valence electrons. The highest BCUT2D eigenvalue weighted by Crippen LogP contribution is 2.31. The van der Waals surface area contributed by atoms with Crippen molar-refractivity contribution in [3.05, 3.63) is 0 Å². The van der Waals surface area contributed by atoms with E-state index in [0.717, 1.165) is 0 Å². The van der Waals surface area contributed by atoms with Crippen LogP contribution in [0.3, 0.4) is 0 Å². The van der Waals surface area contributed by atoms with Crippen molar-refractivity contribution < 1.29 is 74.7 Å². The van der Waals surface area contributed by atoms with Gasteiger partial charge in [0.1, 0.15) is 73.2 Å². The fourth-order valence-corrected chi connectivity index (χ4v) is 3.99. The summed E-state index contributed by atoms with van der Waals surface area (Å²) in [4.78, 5) is 0. The van der Waals surface area contributed by atoms with Crippen molar-refractivity contribution in [3.63, 3.8) is 0 Å². The lowest BCUT2D eigenvalue weighted by Gasteiger charge is -2.47. The fourth-order valence-electron chi connectivity index (χ4n) is 3.99. The molecule has 0 amide bonds. The van der Waals surface area contributed by atoms with Gasteiger partial charge in [0, 0.05) is 0 Å². The van der Waals surface area contributed by atoms with Gasteiger partial charge in [0.2, 0.25) is 0 Å². The van der Waals surface area contributed by atoms with Gasteiger partial charge in [-0.25, -0.2) is 0 Å². The number of aliphatic hydroxyl groups excluding tert-OH is 10. The predicted octanol–water partition coefficient (Wildman–Crippen LogP) is -6.89. The van der Waals surface area contributed by atoms with Crippen molar-refractivity contribution in [3.8, 4) is 0 Å². The first-order chi connectivity index (χ1) is 15.6. The second-order valence-corrected chi connectivity index (χ2v) is 8.22. The van der Waals surface area contributed by atoms with E-state index >= 15 is 0 Å². The Morgan fingerprint density at radius 2 is 1.06 bits per heavy atom. The summed E-state index contributed by atoms with van der Waals surface area (Å²) in [7, 11) is 0. The molecule has 3 aliphatic rings. The minimum Gasteiger partial charge on any atom is -0.394 e. The first-order valence-electron chi connectivity index (χ1n) is 10.5. The van der Waals surface area contributed by atoms with Gasteiger partial charge in [0.25, 0.3) is 0 Å². The zero-order valence-corrected chi connectivity index (χ0v) is 17.4. The van der Waals surface area contributed by atoms with Crippen LogP contribution in [0, 0.1) is 0 Å². The molecule has 0 aromatic rings. The standard InChI is InChI=1S/C18H32O15/c19-1-6-11(25)15(5(22)4-29-6)32-18-16(13(27)10(24)8(3-21)31-18)33-17-14(28)12(26)9(23)7(2-20)30-17/h5-28H,1-4H2/t5-,6?,7+,8+,9+,10+,11+,12-,13-,14+,15+,16+,17-,18-/m0/s1. The zero-order chi connectivity index (χ0) is 24.4. The lowest BCUT2D eigenvalue weighted by molar-refractivity contribution is -0.380. The van der Waals surface area contributed by atoms with Crippen molar-refractivity contribution in [1.82, 2.24) is 0 Å². The quantitative estimate of drug-likeness (QED) is 0.160. The van der Waals surface area contributed by atoms with Crippen molar-refractivity contribution in [2.24, 2.45) is 0 Å². The summed E-state index contributed by atoms with van der Waals surface area (Å²) in [6, 6.07) is 0. The molecule has 33 heavy (non-hydrogen) atoms. The number of hydrogen-bond donors (Lipinski definition) is 10. The smallest absolute Gasteiger partial charge is 0.187 e. The molecule has 14 atom stereocenters. The largest absolute Gasteiger partial charge is 0.394 e.